The molecule has 2 heteroatoms. The van der Waals surface area contributed by atoms with Crippen molar-refractivity contribution in [3.63, 3.8) is 0 Å². The van der Waals surface area contributed by atoms with Crippen molar-refractivity contribution in [3.8, 4) is 0 Å². The van der Waals surface area contributed by atoms with Crippen LogP contribution in [0, 0.1) is 0 Å². The van der Waals surface area contributed by atoms with Gasteiger partial charge >= 0.3 is 0 Å². The zero-order valence-electron chi connectivity index (χ0n) is 9.94. The molecule has 2 aromatic rings. The third-order valence-electron chi connectivity index (χ3n) is 2.70. The number of hydrogen-bond donors (Lipinski definition) is 0. The summed E-state index contributed by atoms with van der Waals surface area (Å²) in [6.07, 6.45) is 3.03. The van der Waals surface area contributed by atoms with E-state index >= 15 is 0 Å². The standard InChI is InChI=1S/C16H14Cl2/c17-12-4-7-16(13-5-2-1-3-6-13)14-8-10-15(18)11-9-14/h1-3,5-11H,4,12H2. The molecule has 0 radical (unpaired) electrons. The molecule has 2 aromatic carbocycles. The van der Waals surface area contributed by atoms with Gasteiger partial charge in [0.25, 0.3) is 0 Å². The van der Waals surface area contributed by atoms with Crippen LogP contribution in [0.1, 0.15) is 17.5 Å². The first kappa shape index (κ1) is 13.2. The monoisotopic (exact) mass is 276 g/mol. The van der Waals surface area contributed by atoms with E-state index in [0.717, 1.165) is 17.0 Å². The number of alkyl halides is 1. The van der Waals surface area contributed by atoms with Crippen LogP contribution in [0.25, 0.3) is 5.57 Å². The van der Waals surface area contributed by atoms with Crippen LogP contribution in [-0.2, 0) is 0 Å². The molecule has 0 saturated carbocycles. The molecule has 0 fully saturated rings. The maximum atomic E-state index is 5.93. The van der Waals surface area contributed by atoms with Gasteiger partial charge in [0.05, 0.1) is 0 Å². The van der Waals surface area contributed by atoms with Crippen LogP contribution in [0.15, 0.2) is 60.7 Å². The Morgan fingerprint density at radius 2 is 1.50 bits per heavy atom. The maximum absolute atomic E-state index is 5.93. The van der Waals surface area contributed by atoms with Crippen molar-refractivity contribution in [1.29, 1.82) is 0 Å². The number of allylic oxidation sites excluding steroid dienone is 1. The zero-order valence-corrected chi connectivity index (χ0v) is 11.5. The van der Waals surface area contributed by atoms with Crippen LogP contribution in [0.4, 0.5) is 0 Å². The van der Waals surface area contributed by atoms with Crippen LogP contribution in [0.3, 0.4) is 0 Å². The first-order valence-corrected chi connectivity index (χ1v) is 6.80. The quantitative estimate of drug-likeness (QED) is 0.656. The number of benzene rings is 2. The lowest BCUT2D eigenvalue weighted by atomic mass is 9.97. The van der Waals surface area contributed by atoms with E-state index in [2.05, 4.69) is 18.2 Å². The first-order chi connectivity index (χ1) is 8.81. The minimum absolute atomic E-state index is 0.629. The Labute approximate surface area is 118 Å². The lowest BCUT2D eigenvalue weighted by Crippen LogP contribution is -1.88. The highest BCUT2D eigenvalue weighted by molar-refractivity contribution is 6.30. The summed E-state index contributed by atoms with van der Waals surface area (Å²) in [6, 6.07) is 18.2. The fraction of sp³-hybridized carbons (Fsp3) is 0.125. The van der Waals surface area contributed by atoms with E-state index < -0.39 is 0 Å². The van der Waals surface area contributed by atoms with Crippen LogP contribution >= 0.6 is 23.2 Å². The Bertz CT molecular complexity index is 513. The number of halogens is 2. The summed E-state index contributed by atoms with van der Waals surface area (Å²) in [4.78, 5) is 0. The van der Waals surface area contributed by atoms with Crippen LogP contribution < -0.4 is 0 Å². The largest absolute Gasteiger partial charge is 0.126 e. The second kappa shape index (κ2) is 6.63. The molecule has 0 spiro atoms. The third-order valence-corrected chi connectivity index (χ3v) is 3.17. The average molecular weight is 277 g/mol. The number of hydrogen-bond acceptors (Lipinski definition) is 0. The van der Waals surface area contributed by atoms with Crippen LogP contribution in [0.2, 0.25) is 5.02 Å². The summed E-state index contributed by atoms with van der Waals surface area (Å²) in [7, 11) is 0. The zero-order chi connectivity index (χ0) is 12.8. The molecule has 0 aliphatic rings. The Kier molecular flexibility index (Phi) is 4.86. The average Bonchev–Trinajstić information content (AvgIpc) is 2.42. The molecule has 0 amide bonds. The van der Waals surface area contributed by atoms with Gasteiger partial charge in [0.15, 0.2) is 0 Å². The normalized spacial score (nSPS) is 11.6. The highest BCUT2D eigenvalue weighted by Gasteiger charge is 2.04. The van der Waals surface area contributed by atoms with Crippen molar-refractivity contribution in [2.24, 2.45) is 0 Å². The second-order valence-electron chi connectivity index (χ2n) is 3.97. The molecular weight excluding hydrogens is 263 g/mol. The smallest absolute Gasteiger partial charge is 0.0406 e. The molecule has 0 aromatic heterocycles. The first-order valence-electron chi connectivity index (χ1n) is 5.89. The molecule has 0 aliphatic carbocycles. The minimum Gasteiger partial charge on any atom is -0.126 e. The molecule has 92 valence electrons. The number of rotatable bonds is 4. The Hall–Kier alpha value is -1.24. The van der Waals surface area contributed by atoms with Crippen molar-refractivity contribution in [2.75, 3.05) is 5.88 Å². The minimum atomic E-state index is 0.629. The van der Waals surface area contributed by atoms with E-state index in [0.29, 0.717) is 5.88 Å². The summed E-state index contributed by atoms with van der Waals surface area (Å²) in [5, 5.41) is 0.753. The van der Waals surface area contributed by atoms with Gasteiger partial charge in [0.1, 0.15) is 0 Å². The SMILES string of the molecule is ClCCC=C(c1ccccc1)c1ccc(Cl)cc1. The summed E-state index contributed by atoms with van der Waals surface area (Å²) in [6.45, 7) is 0. The van der Waals surface area contributed by atoms with E-state index in [1.54, 1.807) is 0 Å². The van der Waals surface area contributed by atoms with Gasteiger partial charge in [0, 0.05) is 10.9 Å². The van der Waals surface area contributed by atoms with Gasteiger partial charge in [-0.3, -0.25) is 0 Å². The van der Waals surface area contributed by atoms with E-state index in [9.17, 15) is 0 Å². The summed E-state index contributed by atoms with van der Waals surface area (Å²) < 4.78 is 0. The van der Waals surface area contributed by atoms with Crippen molar-refractivity contribution in [1.82, 2.24) is 0 Å². The van der Waals surface area contributed by atoms with Gasteiger partial charge in [-0.2, -0.15) is 0 Å². The Morgan fingerprint density at radius 3 is 2.11 bits per heavy atom. The van der Waals surface area contributed by atoms with Crippen molar-refractivity contribution in [2.45, 2.75) is 6.42 Å². The van der Waals surface area contributed by atoms with E-state index in [1.165, 1.54) is 11.1 Å². The highest BCUT2D eigenvalue weighted by atomic mass is 35.5. The maximum Gasteiger partial charge on any atom is 0.0406 e. The molecule has 0 unspecified atom stereocenters. The fourth-order valence-electron chi connectivity index (χ4n) is 1.85. The third kappa shape index (κ3) is 3.38. The lowest BCUT2D eigenvalue weighted by molar-refractivity contribution is 1.23. The molecule has 0 aliphatic heterocycles. The molecule has 0 N–H and O–H groups in total. The molecule has 0 heterocycles. The summed E-state index contributed by atoms with van der Waals surface area (Å²) in [5.74, 6) is 0.629. The lowest BCUT2D eigenvalue weighted by Gasteiger charge is -2.08. The fourth-order valence-corrected chi connectivity index (χ4v) is 2.08. The van der Waals surface area contributed by atoms with Gasteiger partial charge in [-0.05, 0) is 35.3 Å². The van der Waals surface area contributed by atoms with Crippen LogP contribution in [0.5, 0.6) is 0 Å². The van der Waals surface area contributed by atoms with Crippen molar-refractivity contribution < 1.29 is 0 Å². The second-order valence-corrected chi connectivity index (χ2v) is 4.78. The molecule has 0 atom stereocenters. The van der Waals surface area contributed by atoms with Gasteiger partial charge in [-0.25, -0.2) is 0 Å². The van der Waals surface area contributed by atoms with Crippen molar-refractivity contribution >= 4 is 28.8 Å². The van der Waals surface area contributed by atoms with Gasteiger partial charge < -0.3 is 0 Å². The van der Waals surface area contributed by atoms with Crippen LogP contribution in [-0.4, -0.2) is 5.88 Å². The molecule has 2 rings (SSSR count). The molecule has 0 nitrogen and oxygen atoms in total. The topological polar surface area (TPSA) is 0 Å². The van der Waals surface area contributed by atoms with E-state index in [1.807, 2.05) is 42.5 Å². The van der Waals surface area contributed by atoms with Gasteiger partial charge in [-0.15, -0.1) is 11.6 Å². The Morgan fingerprint density at radius 1 is 0.889 bits per heavy atom. The van der Waals surface area contributed by atoms with Crippen molar-refractivity contribution in [3.05, 3.63) is 76.8 Å². The van der Waals surface area contributed by atoms with E-state index in [4.69, 9.17) is 23.2 Å². The predicted octanol–water partition coefficient (Wildman–Crippen LogP) is 5.40. The molecular formula is C16H14Cl2. The predicted molar refractivity (Wildman–Crippen MR) is 80.3 cm³/mol. The Balaban J connectivity index is 2.40. The molecule has 18 heavy (non-hydrogen) atoms. The highest BCUT2D eigenvalue weighted by Crippen LogP contribution is 2.25. The molecule has 0 bridgehead atoms. The van der Waals surface area contributed by atoms with Gasteiger partial charge in [0.2, 0.25) is 0 Å². The molecule has 0 saturated heterocycles. The van der Waals surface area contributed by atoms with E-state index in [-0.39, 0.29) is 0 Å². The van der Waals surface area contributed by atoms with Gasteiger partial charge in [-0.1, -0.05) is 60.1 Å². The summed E-state index contributed by atoms with van der Waals surface area (Å²) in [5.41, 5.74) is 3.56. The summed E-state index contributed by atoms with van der Waals surface area (Å²) >= 11 is 11.7.